The molecule has 3 atom stereocenters. The van der Waals surface area contributed by atoms with Crippen LogP contribution < -0.4 is 22.1 Å². The van der Waals surface area contributed by atoms with Crippen molar-refractivity contribution in [2.24, 2.45) is 23.1 Å². The number of rotatable bonds is 5. The molecule has 1 fully saturated rings. The number of thioether (sulfide) groups is 1. The van der Waals surface area contributed by atoms with Gasteiger partial charge in [-0.25, -0.2) is 4.98 Å². The van der Waals surface area contributed by atoms with Crippen molar-refractivity contribution >= 4 is 23.5 Å². The average molecular weight is 350 g/mol. The molecule has 0 spiro atoms. The van der Waals surface area contributed by atoms with E-state index in [0.29, 0.717) is 12.5 Å². The third kappa shape index (κ3) is 3.25. The highest BCUT2D eigenvalue weighted by Crippen LogP contribution is 2.45. The summed E-state index contributed by atoms with van der Waals surface area (Å²) in [5.74, 6) is 1.15. The van der Waals surface area contributed by atoms with E-state index in [2.05, 4.69) is 17.9 Å². The zero-order chi connectivity index (χ0) is 17.3. The second-order valence-corrected chi connectivity index (χ2v) is 7.90. The summed E-state index contributed by atoms with van der Waals surface area (Å²) in [4.78, 5) is 18.8. The molecule has 2 aliphatic heterocycles. The Bertz CT molecular complexity index is 623. The second-order valence-electron chi connectivity index (χ2n) is 6.76. The van der Waals surface area contributed by atoms with Gasteiger partial charge in [0.25, 0.3) is 0 Å². The molecule has 3 unspecified atom stereocenters. The molecule has 0 bridgehead atoms. The van der Waals surface area contributed by atoms with E-state index in [4.69, 9.17) is 22.2 Å². The van der Waals surface area contributed by atoms with Gasteiger partial charge in [-0.3, -0.25) is 4.79 Å². The molecule has 0 aliphatic carbocycles. The maximum Gasteiger partial charge on any atom is 0.232 e. The second kappa shape index (κ2) is 7.29. The van der Waals surface area contributed by atoms with Crippen LogP contribution >= 0.6 is 11.8 Å². The zero-order valence-electron chi connectivity index (χ0n) is 14.2. The Morgan fingerprint density at radius 1 is 1.50 bits per heavy atom. The van der Waals surface area contributed by atoms with Crippen molar-refractivity contribution in [3.63, 3.8) is 0 Å². The van der Waals surface area contributed by atoms with Crippen LogP contribution in [-0.4, -0.2) is 35.8 Å². The Hall–Kier alpha value is -1.31. The normalized spacial score (nSPS) is 26.5. The number of hydrogen-bond acceptors (Lipinski definition) is 6. The minimum Gasteiger partial charge on any atom is -0.369 e. The maximum absolute atomic E-state index is 11.7. The third-order valence-corrected chi connectivity index (χ3v) is 6.28. The summed E-state index contributed by atoms with van der Waals surface area (Å²) in [5, 5.41) is 0.457. The molecule has 3 rings (SSSR count). The number of aryl methyl sites for hydroxylation is 1. The fourth-order valence-electron chi connectivity index (χ4n) is 3.70. The Morgan fingerprint density at radius 3 is 2.96 bits per heavy atom. The van der Waals surface area contributed by atoms with E-state index in [-0.39, 0.29) is 11.9 Å². The zero-order valence-corrected chi connectivity index (χ0v) is 15.0. The summed E-state index contributed by atoms with van der Waals surface area (Å²) >= 11 is 1.42. The molecule has 1 aromatic rings. The van der Waals surface area contributed by atoms with Gasteiger partial charge >= 0.3 is 0 Å². The van der Waals surface area contributed by atoms with Crippen LogP contribution in [0.4, 0.5) is 5.82 Å². The van der Waals surface area contributed by atoms with Gasteiger partial charge in [0, 0.05) is 18.7 Å². The van der Waals surface area contributed by atoms with Gasteiger partial charge in [-0.1, -0.05) is 25.1 Å². The van der Waals surface area contributed by atoms with Gasteiger partial charge in [0.2, 0.25) is 5.91 Å². The lowest BCUT2D eigenvalue weighted by Crippen LogP contribution is -2.39. The predicted octanol–water partition coefficient (Wildman–Crippen LogP) is 1.17. The molecule has 7 heteroatoms. The smallest absolute Gasteiger partial charge is 0.232 e. The molecule has 3 heterocycles. The number of fused-ring (bicyclic) bond motifs is 1. The Morgan fingerprint density at radius 2 is 2.29 bits per heavy atom. The highest BCUT2D eigenvalue weighted by molar-refractivity contribution is 8.01. The number of nitrogens with zero attached hydrogens (tertiary/aromatic N) is 2. The van der Waals surface area contributed by atoms with Crippen molar-refractivity contribution in [1.29, 1.82) is 0 Å². The number of primary amides is 1. The van der Waals surface area contributed by atoms with Gasteiger partial charge in [0.05, 0.1) is 6.04 Å². The van der Waals surface area contributed by atoms with E-state index in [1.54, 1.807) is 0 Å². The molecule has 1 aromatic heterocycles. The molecular formula is C17H27N5OS. The van der Waals surface area contributed by atoms with Crippen molar-refractivity contribution in [2.45, 2.75) is 48.9 Å². The summed E-state index contributed by atoms with van der Waals surface area (Å²) in [6, 6.07) is 1.80. The Labute approximate surface area is 147 Å². The van der Waals surface area contributed by atoms with E-state index < -0.39 is 5.25 Å². The van der Waals surface area contributed by atoms with Gasteiger partial charge in [-0.2, -0.15) is 0 Å². The SMILES string of the molecule is CCCc1cc(N2CCCC(CN)C2)nc2c1C(N)C(C(N)=O)S2. The van der Waals surface area contributed by atoms with Gasteiger partial charge in [0.15, 0.2) is 0 Å². The van der Waals surface area contributed by atoms with E-state index in [0.717, 1.165) is 48.8 Å². The van der Waals surface area contributed by atoms with E-state index >= 15 is 0 Å². The van der Waals surface area contributed by atoms with Gasteiger partial charge < -0.3 is 22.1 Å². The lowest BCUT2D eigenvalue weighted by atomic mass is 9.96. The highest BCUT2D eigenvalue weighted by atomic mass is 32.2. The molecule has 1 amide bonds. The number of nitrogens with two attached hydrogens (primary N) is 3. The fraction of sp³-hybridized carbons (Fsp3) is 0.647. The highest BCUT2D eigenvalue weighted by Gasteiger charge is 2.38. The van der Waals surface area contributed by atoms with Gasteiger partial charge in [-0.15, -0.1) is 0 Å². The van der Waals surface area contributed by atoms with Crippen molar-refractivity contribution < 1.29 is 4.79 Å². The molecular weight excluding hydrogens is 322 g/mol. The Balaban J connectivity index is 1.95. The summed E-state index contributed by atoms with van der Waals surface area (Å²) in [5.41, 5.74) is 19.9. The summed E-state index contributed by atoms with van der Waals surface area (Å²) in [7, 11) is 0. The molecule has 0 radical (unpaired) electrons. The van der Waals surface area contributed by atoms with Crippen molar-refractivity contribution in [3.8, 4) is 0 Å². The minimum atomic E-state index is -0.420. The largest absolute Gasteiger partial charge is 0.369 e. The summed E-state index contributed by atoms with van der Waals surface area (Å²) in [6.45, 7) is 4.82. The molecule has 24 heavy (non-hydrogen) atoms. The number of pyridine rings is 1. The van der Waals surface area contributed by atoms with E-state index in [9.17, 15) is 4.79 Å². The minimum absolute atomic E-state index is 0.358. The summed E-state index contributed by atoms with van der Waals surface area (Å²) in [6.07, 6.45) is 4.29. The number of aromatic nitrogens is 1. The van der Waals surface area contributed by atoms with Crippen molar-refractivity contribution in [1.82, 2.24) is 4.98 Å². The van der Waals surface area contributed by atoms with Gasteiger partial charge in [0.1, 0.15) is 16.1 Å². The number of anilines is 1. The van der Waals surface area contributed by atoms with Crippen molar-refractivity contribution in [2.75, 3.05) is 24.5 Å². The van der Waals surface area contributed by atoms with Crippen LogP contribution in [0.5, 0.6) is 0 Å². The molecule has 2 aliphatic rings. The number of piperidine rings is 1. The van der Waals surface area contributed by atoms with Crippen LogP contribution in [-0.2, 0) is 11.2 Å². The quantitative estimate of drug-likeness (QED) is 0.736. The first-order chi connectivity index (χ1) is 11.5. The van der Waals surface area contributed by atoms with Crippen LogP contribution in [0.2, 0.25) is 0 Å². The molecule has 132 valence electrons. The predicted molar refractivity (Wildman–Crippen MR) is 98.0 cm³/mol. The Kier molecular flexibility index (Phi) is 5.32. The standard InChI is InChI=1S/C17H27N5OS/c1-2-4-11-7-12(22-6-3-5-10(8-18)9-22)21-17-13(11)14(19)15(24-17)16(20)23/h7,10,14-15H,2-6,8-9,18-19H2,1H3,(H2,20,23). The third-order valence-electron chi connectivity index (χ3n) is 4.97. The van der Waals surface area contributed by atoms with Gasteiger partial charge in [-0.05, 0) is 43.4 Å². The van der Waals surface area contributed by atoms with Crippen LogP contribution in [0.1, 0.15) is 43.4 Å². The number of carbonyl (C=O) groups is 1. The lowest BCUT2D eigenvalue weighted by molar-refractivity contribution is -0.117. The molecule has 0 aromatic carbocycles. The first-order valence-electron chi connectivity index (χ1n) is 8.75. The first-order valence-corrected chi connectivity index (χ1v) is 9.63. The molecule has 1 saturated heterocycles. The van der Waals surface area contributed by atoms with Crippen LogP contribution in [0.15, 0.2) is 11.1 Å². The first kappa shape index (κ1) is 17.5. The lowest BCUT2D eigenvalue weighted by Gasteiger charge is -2.33. The number of amides is 1. The molecule has 0 saturated carbocycles. The molecule has 6 N–H and O–H groups in total. The molecule has 6 nitrogen and oxygen atoms in total. The maximum atomic E-state index is 11.7. The monoisotopic (exact) mass is 349 g/mol. The fourth-order valence-corrected chi connectivity index (χ4v) is 4.88. The number of carbonyl (C=O) groups excluding carboxylic acids is 1. The number of hydrogen-bond donors (Lipinski definition) is 3. The van der Waals surface area contributed by atoms with Crippen LogP contribution in [0.3, 0.4) is 0 Å². The van der Waals surface area contributed by atoms with Crippen LogP contribution in [0.25, 0.3) is 0 Å². The van der Waals surface area contributed by atoms with E-state index in [1.807, 2.05) is 0 Å². The van der Waals surface area contributed by atoms with E-state index in [1.165, 1.54) is 23.7 Å². The van der Waals surface area contributed by atoms with Crippen LogP contribution in [0, 0.1) is 5.92 Å². The topological polar surface area (TPSA) is 111 Å². The summed E-state index contributed by atoms with van der Waals surface area (Å²) < 4.78 is 0. The average Bonchev–Trinajstić information content (AvgIpc) is 2.92. The van der Waals surface area contributed by atoms with Crippen molar-refractivity contribution in [3.05, 3.63) is 17.2 Å².